The zero-order valence-corrected chi connectivity index (χ0v) is 16.4. The summed E-state index contributed by atoms with van der Waals surface area (Å²) in [7, 11) is 5.11. The third-order valence-electron chi connectivity index (χ3n) is 5.33. The first kappa shape index (κ1) is 20.2. The van der Waals surface area contributed by atoms with Crippen molar-refractivity contribution >= 4 is 11.7 Å². The molecule has 7 nitrogen and oxygen atoms in total. The van der Waals surface area contributed by atoms with Gasteiger partial charge in [-0.3, -0.25) is 14.2 Å². The second-order valence-electron chi connectivity index (χ2n) is 7.33. The van der Waals surface area contributed by atoms with Crippen molar-refractivity contribution in [3.8, 4) is 0 Å². The Kier molecular flexibility index (Phi) is 5.40. The van der Waals surface area contributed by atoms with Gasteiger partial charge in [0, 0.05) is 39.3 Å². The van der Waals surface area contributed by atoms with Gasteiger partial charge in [-0.1, -0.05) is 12.8 Å². The van der Waals surface area contributed by atoms with Crippen molar-refractivity contribution < 1.29 is 18.0 Å². The average Bonchev–Trinajstić information content (AvgIpc) is 3.32. The number of alkyl halides is 3. The van der Waals surface area contributed by atoms with Crippen LogP contribution < -0.4 is 10.2 Å². The summed E-state index contributed by atoms with van der Waals surface area (Å²) in [6.07, 6.45) is 0.106. The molecular weight excluding hydrogens is 373 g/mol. The predicted molar refractivity (Wildman–Crippen MR) is 98.0 cm³/mol. The fraction of sp³-hybridized carbons (Fsp3) is 0.611. The van der Waals surface area contributed by atoms with Crippen LogP contribution in [0.1, 0.15) is 60.5 Å². The summed E-state index contributed by atoms with van der Waals surface area (Å²) in [6.45, 7) is 1.77. The maximum absolute atomic E-state index is 12.8. The fourth-order valence-electron chi connectivity index (χ4n) is 3.69. The summed E-state index contributed by atoms with van der Waals surface area (Å²) in [5.74, 6) is 0.204. The number of nitrogens with one attached hydrogen (secondary N) is 1. The molecule has 0 saturated heterocycles. The van der Waals surface area contributed by atoms with E-state index in [0.29, 0.717) is 6.04 Å². The molecule has 10 heteroatoms. The minimum Gasteiger partial charge on any atom is -0.355 e. The van der Waals surface area contributed by atoms with Gasteiger partial charge in [-0.25, -0.2) is 0 Å². The van der Waals surface area contributed by atoms with Crippen LogP contribution in [0.15, 0.2) is 12.1 Å². The van der Waals surface area contributed by atoms with Crippen LogP contribution in [0.2, 0.25) is 0 Å². The predicted octanol–water partition coefficient (Wildman–Crippen LogP) is 3.04. The monoisotopic (exact) mass is 398 g/mol. The number of halogens is 3. The molecule has 2 aromatic heterocycles. The van der Waals surface area contributed by atoms with Crippen molar-refractivity contribution in [1.82, 2.24) is 24.9 Å². The van der Waals surface area contributed by atoms with Gasteiger partial charge in [0.25, 0.3) is 5.91 Å². The highest BCUT2D eigenvalue weighted by Crippen LogP contribution is 2.29. The maximum atomic E-state index is 12.8. The molecule has 0 spiro atoms. The lowest BCUT2D eigenvalue weighted by atomic mass is 10.2. The van der Waals surface area contributed by atoms with E-state index in [2.05, 4.69) is 20.4 Å². The molecular formula is C18H25F3N6O. The van der Waals surface area contributed by atoms with E-state index in [1.165, 1.54) is 19.9 Å². The highest BCUT2D eigenvalue weighted by atomic mass is 19.4. The Morgan fingerprint density at radius 1 is 1.21 bits per heavy atom. The van der Waals surface area contributed by atoms with E-state index < -0.39 is 23.8 Å². The van der Waals surface area contributed by atoms with Crippen LogP contribution in [-0.2, 0) is 20.3 Å². The molecule has 1 fully saturated rings. The van der Waals surface area contributed by atoms with Gasteiger partial charge in [-0.05, 0) is 19.8 Å². The second kappa shape index (κ2) is 7.48. The number of hydrogen-bond acceptors (Lipinski definition) is 4. The minimum absolute atomic E-state index is 0.148. The van der Waals surface area contributed by atoms with E-state index in [0.717, 1.165) is 35.1 Å². The topological polar surface area (TPSA) is 68.0 Å². The van der Waals surface area contributed by atoms with Crippen LogP contribution in [0, 0.1) is 0 Å². The van der Waals surface area contributed by atoms with Crippen molar-refractivity contribution in [3.05, 3.63) is 29.2 Å². The third kappa shape index (κ3) is 4.00. The van der Waals surface area contributed by atoms with Crippen molar-refractivity contribution in [2.45, 2.75) is 50.9 Å². The molecule has 3 rings (SSSR count). The van der Waals surface area contributed by atoms with Crippen LogP contribution in [0.25, 0.3) is 0 Å². The number of carbonyl (C=O) groups excluding carboxylic acids is 1. The molecule has 1 aliphatic rings. The van der Waals surface area contributed by atoms with Crippen LogP contribution in [0.5, 0.6) is 0 Å². The first-order valence-electron chi connectivity index (χ1n) is 9.26. The van der Waals surface area contributed by atoms with Crippen molar-refractivity contribution in [2.75, 3.05) is 11.9 Å². The number of carbonyl (C=O) groups is 1. The van der Waals surface area contributed by atoms with Gasteiger partial charge in [0.2, 0.25) is 0 Å². The van der Waals surface area contributed by atoms with E-state index in [1.807, 2.05) is 13.1 Å². The number of nitrogens with zero attached hydrogens (tertiary/aromatic N) is 5. The Bertz CT molecular complexity index is 850. The van der Waals surface area contributed by atoms with Gasteiger partial charge in [0.15, 0.2) is 11.5 Å². The normalized spacial score (nSPS) is 16.4. The maximum Gasteiger partial charge on any atom is 0.435 e. The fourth-order valence-corrected chi connectivity index (χ4v) is 3.69. The van der Waals surface area contributed by atoms with Crippen molar-refractivity contribution in [2.24, 2.45) is 14.1 Å². The zero-order valence-electron chi connectivity index (χ0n) is 16.4. The van der Waals surface area contributed by atoms with Crippen molar-refractivity contribution in [1.29, 1.82) is 0 Å². The first-order chi connectivity index (χ1) is 13.1. The highest BCUT2D eigenvalue weighted by Gasteiger charge is 2.35. The molecule has 0 aliphatic heterocycles. The molecule has 1 aliphatic carbocycles. The Balaban J connectivity index is 1.73. The summed E-state index contributed by atoms with van der Waals surface area (Å²) >= 11 is 0. The quantitative estimate of drug-likeness (QED) is 0.841. The van der Waals surface area contributed by atoms with Crippen molar-refractivity contribution in [3.63, 3.8) is 0 Å². The molecule has 2 heterocycles. The van der Waals surface area contributed by atoms with Gasteiger partial charge in [-0.2, -0.15) is 23.4 Å². The van der Waals surface area contributed by atoms with Crippen LogP contribution in [0.3, 0.4) is 0 Å². The molecule has 28 heavy (non-hydrogen) atoms. The SMILES string of the molecule is CC(NC(=O)c1cc(C(F)(F)F)nn1C)c1cc(N(C)C2CCCC2)nn1C. The van der Waals surface area contributed by atoms with Gasteiger partial charge < -0.3 is 10.2 Å². The number of aryl methyl sites for hydroxylation is 2. The lowest BCUT2D eigenvalue weighted by Gasteiger charge is -2.23. The standard InChI is InChI=1S/C18H25F3N6O/c1-11(22-17(28)14-9-15(18(19,20)21)23-27(14)4)13-10-16(24-26(13)3)25(2)12-7-5-6-8-12/h9-12H,5-8H2,1-4H3,(H,22,28). The summed E-state index contributed by atoms with van der Waals surface area (Å²) in [5.41, 5.74) is -0.468. The Hall–Kier alpha value is -2.52. The number of hydrogen-bond donors (Lipinski definition) is 1. The molecule has 1 N–H and O–H groups in total. The molecule has 0 aromatic carbocycles. The molecule has 1 saturated carbocycles. The summed E-state index contributed by atoms with van der Waals surface area (Å²) < 4.78 is 41.1. The molecule has 2 aromatic rings. The molecule has 1 amide bonds. The number of aromatic nitrogens is 4. The summed E-state index contributed by atoms with van der Waals surface area (Å²) in [6, 6.07) is 2.70. The smallest absolute Gasteiger partial charge is 0.355 e. The molecule has 0 radical (unpaired) electrons. The Labute approximate surface area is 161 Å². The second-order valence-corrected chi connectivity index (χ2v) is 7.33. The van der Waals surface area contributed by atoms with E-state index in [1.54, 1.807) is 18.7 Å². The van der Waals surface area contributed by atoms with Gasteiger partial charge in [-0.15, -0.1) is 0 Å². The van der Waals surface area contributed by atoms with E-state index in [9.17, 15) is 18.0 Å². The molecule has 0 bridgehead atoms. The Morgan fingerprint density at radius 2 is 1.86 bits per heavy atom. The van der Waals surface area contributed by atoms with Gasteiger partial charge in [0.05, 0.1) is 11.7 Å². The largest absolute Gasteiger partial charge is 0.435 e. The van der Waals surface area contributed by atoms with Gasteiger partial charge >= 0.3 is 6.18 Å². The Morgan fingerprint density at radius 3 is 2.43 bits per heavy atom. The summed E-state index contributed by atoms with van der Waals surface area (Å²) in [4.78, 5) is 14.6. The zero-order chi connectivity index (χ0) is 20.6. The summed E-state index contributed by atoms with van der Waals surface area (Å²) in [5, 5.41) is 10.6. The third-order valence-corrected chi connectivity index (χ3v) is 5.33. The van der Waals surface area contributed by atoms with Crippen LogP contribution in [-0.4, -0.2) is 38.6 Å². The van der Waals surface area contributed by atoms with E-state index in [4.69, 9.17) is 0 Å². The number of rotatable bonds is 5. The molecule has 154 valence electrons. The van der Waals surface area contributed by atoms with Crippen LogP contribution >= 0.6 is 0 Å². The lowest BCUT2D eigenvalue weighted by molar-refractivity contribution is -0.141. The molecule has 1 unspecified atom stereocenters. The first-order valence-corrected chi connectivity index (χ1v) is 9.26. The number of amides is 1. The van der Waals surface area contributed by atoms with Gasteiger partial charge in [0.1, 0.15) is 5.69 Å². The minimum atomic E-state index is -4.59. The van der Waals surface area contributed by atoms with E-state index in [-0.39, 0.29) is 5.69 Å². The average molecular weight is 398 g/mol. The number of anilines is 1. The molecule has 1 atom stereocenters. The lowest BCUT2D eigenvalue weighted by Crippen LogP contribution is -2.29. The van der Waals surface area contributed by atoms with Crippen LogP contribution in [0.4, 0.5) is 19.0 Å². The van der Waals surface area contributed by atoms with E-state index >= 15 is 0 Å². The highest BCUT2D eigenvalue weighted by molar-refractivity contribution is 5.92.